The van der Waals surface area contributed by atoms with Crippen LogP contribution in [0.1, 0.15) is 22.6 Å². The predicted molar refractivity (Wildman–Crippen MR) is 113 cm³/mol. The standard InChI is InChI=1S/C20H16ClN3O2S2/c1-24-19(25)16-14-3-2-4-15(14)28-18(16)23-20(24)27-10-13-9-26-17(22-13)11-5-7-12(21)8-6-11/h5-9H,2-4,10H2,1H3. The number of halogens is 1. The molecule has 0 spiro atoms. The van der Waals surface area contributed by atoms with Gasteiger partial charge in [0, 0.05) is 28.3 Å². The van der Waals surface area contributed by atoms with Gasteiger partial charge >= 0.3 is 0 Å². The fourth-order valence-corrected chi connectivity index (χ4v) is 5.75. The maximum absolute atomic E-state index is 12.9. The van der Waals surface area contributed by atoms with Gasteiger partial charge in [0.2, 0.25) is 5.89 Å². The van der Waals surface area contributed by atoms with Gasteiger partial charge in [0.05, 0.1) is 11.1 Å². The van der Waals surface area contributed by atoms with E-state index in [9.17, 15) is 4.79 Å². The Bertz CT molecular complexity index is 1240. The molecule has 0 saturated heterocycles. The zero-order valence-corrected chi connectivity index (χ0v) is 17.5. The fraction of sp³-hybridized carbons (Fsp3) is 0.250. The highest BCUT2D eigenvalue weighted by Crippen LogP contribution is 2.35. The van der Waals surface area contributed by atoms with E-state index in [1.807, 2.05) is 24.3 Å². The molecule has 8 heteroatoms. The lowest BCUT2D eigenvalue weighted by atomic mass is 10.2. The van der Waals surface area contributed by atoms with Gasteiger partial charge in [-0.25, -0.2) is 9.97 Å². The fourth-order valence-electron chi connectivity index (χ4n) is 3.47. The van der Waals surface area contributed by atoms with Gasteiger partial charge in [0.25, 0.3) is 5.56 Å². The molecule has 0 aliphatic heterocycles. The molecule has 3 heterocycles. The van der Waals surface area contributed by atoms with Crippen molar-refractivity contribution in [3.63, 3.8) is 0 Å². The van der Waals surface area contributed by atoms with Crippen LogP contribution in [-0.2, 0) is 25.6 Å². The summed E-state index contributed by atoms with van der Waals surface area (Å²) in [6.45, 7) is 0. The SMILES string of the molecule is Cn1c(SCc2coc(-c3ccc(Cl)cc3)n2)nc2sc3c(c2c1=O)CCC3. The Morgan fingerprint density at radius 1 is 1.25 bits per heavy atom. The summed E-state index contributed by atoms with van der Waals surface area (Å²) in [7, 11) is 1.79. The van der Waals surface area contributed by atoms with Gasteiger partial charge < -0.3 is 4.42 Å². The predicted octanol–water partition coefficient (Wildman–Crippen LogP) is 5.08. The quantitative estimate of drug-likeness (QED) is 0.334. The Balaban J connectivity index is 1.40. The van der Waals surface area contributed by atoms with Crippen molar-refractivity contribution in [2.45, 2.75) is 30.2 Å². The molecule has 1 aliphatic rings. The molecule has 0 fully saturated rings. The minimum Gasteiger partial charge on any atom is -0.444 e. The molecule has 0 N–H and O–H groups in total. The molecule has 0 bridgehead atoms. The number of aryl methyl sites for hydroxylation is 2. The van der Waals surface area contributed by atoms with Crippen molar-refractivity contribution in [2.24, 2.45) is 7.05 Å². The Hall–Kier alpha value is -2.09. The maximum atomic E-state index is 12.9. The number of aromatic nitrogens is 3. The van der Waals surface area contributed by atoms with Crippen LogP contribution in [0.4, 0.5) is 0 Å². The van der Waals surface area contributed by atoms with Crippen LogP contribution in [0, 0.1) is 0 Å². The van der Waals surface area contributed by atoms with Crippen LogP contribution in [0.25, 0.3) is 21.7 Å². The van der Waals surface area contributed by atoms with Crippen molar-refractivity contribution in [3.8, 4) is 11.5 Å². The number of thioether (sulfide) groups is 1. The summed E-state index contributed by atoms with van der Waals surface area (Å²) in [5.74, 6) is 1.13. The van der Waals surface area contributed by atoms with Gasteiger partial charge in [0.15, 0.2) is 5.16 Å². The van der Waals surface area contributed by atoms with Crippen molar-refractivity contribution < 1.29 is 4.42 Å². The number of hydrogen-bond acceptors (Lipinski definition) is 6. The van der Waals surface area contributed by atoms with Crippen molar-refractivity contribution in [1.82, 2.24) is 14.5 Å². The highest BCUT2D eigenvalue weighted by Gasteiger charge is 2.22. The lowest BCUT2D eigenvalue weighted by Crippen LogP contribution is -2.20. The van der Waals surface area contributed by atoms with Crippen LogP contribution in [0.15, 0.2) is 44.9 Å². The van der Waals surface area contributed by atoms with Crippen molar-refractivity contribution in [3.05, 3.63) is 62.0 Å². The third-order valence-corrected chi connectivity index (χ3v) is 7.40. The molecule has 3 aromatic heterocycles. The number of thiophene rings is 1. The first-order chi connectivity index (χ1) is 13.6. The normalized spacial score (nSPS) is 13.4. The first-order valence-electron chi connectivity index (χ1n) is 8.94. The molecule has 0 saturated carbocycles. The highest BCUT2D eigenvalue weighted by atomic mass is 35.5. The van der Waals surface area contributed by atoms with E-state index in [0.717, 1.165) is 40.7 Å². The van der Waals surface area contributed by atoms with Crippen molar-refractivity contribution in [2.75, 3.05) is 0 Å². The monoisotopic (exact) mass is 429 g/mol. The molecule has 1 aromatic carbocycles. The summed E-state index contributed by atoms with van der Waals surface area (Å²) >= 11 is 9.09. The van der Waals surface area contributed by atoms with Gasteiger partial charge in [-0.05, 0) is 49.1 Å². The summed E-state index contributed by atoms with van der Waals surface area (Å²) in [5, 5.41) is 2.19. The second-order valence-electron chi connectivity index (χ2n) is 6.74. The number of hydrogen-bond donors (Lipinski definition) is 0. The lowest BCUT2D eigenvalue weighted by Gasteiger charge is -2.06. The van der Waals surface area contributed by atoms with Gasteiger partial charge in [0.1, 0.15) is 11.1 Å². The number of fused-ring (bicyclic) bond motifs is 3. The number of oxazole rings is 1. The third-order valence-electron chi connectivity index (χ3n) is 4.90. The van der Waals surface area contributed by atoms with E-state index in [2.05, 4.69) is 4.98 Å². The largest absolute Gasteiger partial charge is 0.444 e. The summed E-state index contributed by atoms with van der Waals surface area (Å²) < 4.78 is 7.24. The zero-order valence-electron chi connectivity index (χ0n) is 15.1. The molecular weight excluding hydrogens is 414 g/mol. The minimum atomic E-state index is 0.0499. The van der Waals surface area contributed by atoms with E-state index in [-0.39, 0.29) is 5.56 Å². The van der Waals surface area contributed by atoms with Crippen LogP contribution >= 0.6 is 34.7 Å². The van der Waals surface area contributed by atoms with E-state index >= 15 is 0 Å². The molecule has 4 aromatic rings. The van der Waals surface area contributed by atoms with Crippen LogP contribution < -0.4 is 5.56 Å². The van der Waals surface area contributed by atoms with Crippen LogP contribution in [0.5, 0.6) is 0 Å². The van der Waals surface area contributed by atoms with Crippen LogP contribution in [0.2, 0.25) is 5.02 Å². The number of rotatable bonds is 4. The molecule has 28 heavy (non-hydrogen) atoms. The summed E-state index contributed by atoms with van der Waals surface area (Å²) in [4.78, 5) is 24.3. The number of nitrogens with zero attached hydrogens (tertiary/aromatic N) is 3. The third kappa shape index (κ3) is 3.07. The minimum absolute atomic E-state index is 0.0499. The second-order valence-corrected chi connectivity index (χ2v) is 9.20. The Labute approximate surface area is 174 Å². The molecule has 5 rings (SSSR count). The van der Waals surface area contributed by atoms with Crippen molar-refractivity contribution in [1.29, 1.82) is 0 Å². The van der Waals surface area contributed by atoms with Gasteiger partial charge in [-0.3, -0.25) is 9.36 Å². The molecule has 0 unspecified atom stereocenters. The Kier molecular flexibility index (Phi) is 4.53. The highest BCUT2D eigenvalue weighted by molar-refractivity contribution is 7.98. The number of benzene rings is 1. The Morgan fingerprint density at radius 3 is 2.89 bits per heavy atom. The average Bonchev–Trinajstić information content (AvgIpc) is 3.40. The van der Waals surface area contributed by atoms with E-state index in [0.29, 0.717) is 21.8 Å². The van der Waals surface area contributed by atoms with E-state index in [1.54, 1.807) is 29.2 Å². The summed E-state index contributed by atoms with van der Waals surface area (Å²) in [6.07, 6.45) is 4.84. The van der Waals surface area contributed by atoms with Gasteiger partial charge in [-0.2, -0.15) is 0 Å². The molecule has 1 aliphatic carbocycles. The smallest absolute Gasteiger partial charge is 0.262 e. The molecule has 5 nitrogen and oxygen atoms in total. The average molecular weight is 430 g/mol. The van der Waals surface area contributed by atoms with Gasteiger partial charge in [-0.1, -0.05) is 23.4 Å². The summed E-state index contributed by atoms with van der Waals surface area (Å²) in [6, 6.07) is 7.37. The molecule has 0 radical (unpaired) electrons. The van der Waals surface area contributed by atoms with Gasteiger partial charge in [-0.15, -0.1) is 11.3 Å². The lowest BCUT2D eigenvalue weighted by molar-refractivity contribution is 0.573. The van der Waals surface area contributed by atoms with E-state index in [4.69, 9.17) is 21.0 Å². The Morgan fingerprint density at radius 2 is 2.07 bits per heavy atom. The second kappa shape index (κ2) is 7.06. The first-order valence-corrected chi connectivity index (χ1v) is 11.1. The van der Waals surface area contributed by atoms with E-state index in [1.165, 1.54) is 22.2 Å². The molecular formula is C20H16ClN3O2S2. The first kappa shape index (κ1) is 18.0. The summed E-state index contributed by atoms with van der Waals surface area (Å²) in [5.41, 5.74) is 2.95. The van der Waals surface area contributed by atoms with Crippen molar-refractivity contribution >= 4 is 44.9 Å². The maximum Gasteiger partial charge on any atom is 0.262 e. The topological polar surface area (TPSA) is 60.9 Å². The molecule has 0 atom stereocenters. The molecule has 0 amide bonds. The molecule has 142 valence electrons. The van der Waals surface area contributed by atoms with Crippen LogP contribution in [0.3, 0.4) is 0 Å². The van der Waals surface area contributed by atoms with Crippen LogP contribution in [-0.4, -0.2) is 14.5 Å². The zero-order chi connectivity index (χ0) is 19.3. The van der Waals surface area contributed by atoms with E-state index < -0.39 is 0 Å².